The van der Waals surface area contributed by atoms with E-state index in [1.807, 2.05) is 19.2 Å². The number of nitrogens with two attached hydrogens (primary N) is 1. The van der Waals surface area contributed by atoms with Gasteiger partial charge in [-0.2, -0.15) is 0 Å². The summed E-state index contributed by atoms with van der Waals surface area (Å²) in [5.41, 5.74) is 9.57. The van der Waals surface area contributed by atoms with Crippen LogP contribution in [0.4, 0.5) is 5.69 Å². The van der Waals surface area contributed by atoms with Crippen LogP contribution in [0.25, 0.3) is 21.3 Å². The molecule has 3 rings (SSSR count). The molecule has 0 atom stereocenters. The Hall–Kier alpha value is -1.94. The van der Waals surface area contributed by atoms with Gasteiger partial charge in [0.25, 0.3) is 0 Å². The van der Waals surface area contributed by atoms with E-state index in [0.29, 0.717) is 5.69 Å². The van der Waals surface area contributed by atoms with Crippen molar-refractivity contribution >= 4 is 27.2 Å². The molecular formula is C13H11N3S. The lowest BCUT2D eigenvalue weighted by Gasteiger charge is -2.01. The fourth-order valence-corrected chi connectivity index (χ4v) is 2.65. The van der Waals surface area contributed by atoms with E-state index in [0.717, 1.165) is 21.7 Å². The van der Waals surface area contributed by atoms with Crippen molar-refractivity contribution in [1.29, 1.82) is 0 Å². The van der Waals surface area contributed by atoms with E-state index < -0.39 is 0 Å². The molecule has 4 heteroatoms. The molecule has 0 amide bonds. The van der Waals surface area contributed by atoms with Gasteiger partial charge in [-0.05, 0) is 30.7 Å². The number of nitrogen functional groups attached to an aromatic ring is 1. The van der Waals surface area contributed by atoms with Crippen molar-refractivity contribution in [2.24, 2.45) is 0 Å². The van der Waals surface area contributed by atoms with Gasteiger partial charge >= 0.3 is 0 Å². The Kier molecular flexibility index (Phi) is 2.30. The molecule has 2 aromatic heterocycles. The topological polar surface area (TPSA) is 51.8 Å². The lowest BCUT2D eigenvalue weighted by Crippen LogP contribution is -1.87. The number of anilines is 1. The zero-order valence-corrected chi connectivity index (χ0v) is 10.2. The Balaban J connectivity index is 2.17. The summed E-state index contributed by atoms with van der Waals surface area (Å²) in [6, 6.07) is 8.18. The molecule has 0 radical (unpaired) electrons. The normalized spacial score (nSPS) is 10.9. The number of fused-ring (bicyclic) bond motifs is 1. The largest absolute Gasteiger partial charge is 0.397 e. The maximum Gasteiger partial charge on any atom is 0.0907 e. The van der Waals surface area contributed by atoms with E-state index in [2.05, 4.69) is 28.2 Å². The van der Waals surface area contributed by atoms with Gasteiger partial charge in [0.05, 0.1) is 20.9 Å². The Morgan fingerprint density at radius 2 is 2.00 bits per heavy atom. The molecule has 0 bridgehead atoms. The highest BCUT2D eigenvalue weighted by molar-refractivity contribution is 7.18. The summed E-state index contributed by atoms with van der Waals surface area (Å²) in [6.07, 6.45) is 3.46. The second kappa shape index (κ2) is 3.82. The fraction of sp³-hybridized carbons (Fsp3) is 0.0769. The summed E-state index contributed by atoms with van der Waals surface area (Å²) in [7, 11) is 0. The van der Waals surface area contributed by atoms with Gasteiger partial charge in [-0.25, -0.2) is 4.98 Å². The number of nitrogens with zero attached hydrogens (tertiary/aromatic N) is 2. The van der Waals surface area contributed by atoms with Crippen LogP contribution in [0, 0.1) is 6.92 Å². The molecule has 0 saturated heterocycles. The number of pyridine rings is 1. The van der Waals surface area contributed by atoms with Crippen LogP contribution in [0.1, 0.15) is 5.01 Å². The van der Waals surface area contributed by atoms with Crippen molar-refractivity contribution in [3.63, 3.8) is 0 Å². The molecule has 3 aromatic rings. The number of hydrogen-bond acceptors (Lipinski definition) is 4. The van der Waals surface area contributed by atoms with Crippen molar-refractivity contribution in [3.8, 4) is 11.1 Å². The number of thiazole rings is 1. The minimum absolute atomic E-state index is 0.678. The Morgan fingerprint density at radius 1 is 1.12 bits per heavy atom. The first-order valence-corrected chi connectivity index (χ1v) is 6.12. The molecule has 0 aliphatic carbocycles. The van der Waals surface area contributed by atoms with Crippen LogP contribution in [-0.2, 0) is 0 Å². The summed E-state index contributed by atoms with van der Waals surface area (Å²) in [5.74, 6) is 0. The maximum atomic E-state index is 5.74. The standard InChI is InChI=1S/C13H11N3S/c1-8-16-12-5-9(2-3-13(12)17-8)10-4-11(14)7-15-6-10/h2-7H,14H2,1H3. The van der Waals surface area contributed by atoms with Gasteiger partial charge in [-0.15, -0.1) is 11.3 Å². The first kappa shape index (κ1) is 10.2. The van der Waals surface area contributed by atoms with Crippen LogP contribution < -0.4 is 5.73 Å². The average molecular weight is 241 g/mol. The zero-order chi connectivity index (χ0) is 11.8. The zero-order valence-electron chi connectivity index (χ0n) is 9.34. The van der Waals surface area contributed by atoms with Crippen LogP contribution in [0.2, 0.25) is 0 Å². The van der Waals surface area contributed by atoms with E-state index in [1.165, 1.54) is 4.70 Å². The molecule has 0 saturated carbocycles. The van der Waals surface area contributed by atoms with Gasteiger partial charge in [0.1, 0.15) is 0 Å². The van der Waals surface area contributed by atoms with Gasteiger partial charge in [0.2, 0.25) is 0 Å². The SMILES string of the molecule is Cc1nc2cc(-c3cncc(N)c3)ccc2s1. The van der Waals surface area contributed by atoms with E-state index in [9.17, 15) is 0 Å². The molecule has 0 aliphatic rings. The van der Waals surface area contributed by atoms with Gasteiger partial charge in [0.15, 0.2) is 0 Å². The second-order valence-corrected chi connectivity index (χ2v) is 5.16. The summed E-state index contributed by atoms with van der Waals surface area (Å²) in [5, 5.41) is 1.09. The van der Waals surface area contributed by atoms with Crippen LogP contribution >= 0.6 is 11.3 Å². The summed E-state index contributed by atoms with van der Waals surface area (Å²) >= 11 is 1.71. The summed E-state index contributed by atoms with van der Waals surface area (Å²) in [4.78, 5) is 8.59. The van der Waals surface area contributed by atoms with Crippen LogP contribution in [0.3, 0.4) is 0 Å². The van der Waals surface area contributed by atoms with Crippen molar-refractivity contribution < 1.29 is 0 Å². The molecule has 2 N–H and O–H groups in total. The minimum Gasteiger partial charge on any atom is -0.397 e. The van der Waals surface area contributed by atoms with E-state index in [1.54, 1.807) is 17.5 Å². The van der Waals surface area contributed by atoms with Crippen LogP contribution in [0.5, 0.6) is 0 Å². The number of rotatable bonds is 1. The third-order valence-electron chi connectivity index (χ3n) is 2.59. The third-order valence-corrected chi connectivity index (χ3v) is 3.54. The quantitative estimate of drug-likeness (QED) is 0.711. The van der Waals surface area contributed by atoms with Gasteiger partial charge in [-0.1, -0.05) is 6.07 Å². The predicted octanol–water partition coefficient (Wildman–Crippen LogP) is 3.25. The molecule has 84 valence electrons. The highest BCUT2D eigenvalue weighted by Gasteiger charge is 2.04. The maximum absolute atomic E-state index is 5.74. The lowest BCUT2D eigenvalue weighted by molar-refractivity contribution is 1.33. The van der Waals surface area contributed by atoms with Crippen molar-refractivity contribution in [3.05, 3.63) is 41.7 Å². The molecule has 0 unspecified atom stereocenters. The molecule has 0 fully saturated rings. The molecule has 0 spiro atoms. The Bertz CT molecular complexity index is 688. The van der Waals surface area contributed by atoms with Gasteiger partial charge in [0, 0.05) is 18.0 Å². The Morgan fingerprint density at radius 3 is 2.82 bits per heavy atom. The van der Waals surface area contributed by atoms with Crippen molar-refractivity contribution in [2.75, 3.05) is 5.73 Å². The highest BCUT2D eigenvalue weighted by Crippen LogP contribution is 2.27. The van der Waals surface area contributed by atoms with Crippen molar-refractivity contribution in [2.45, 2.75) is 6.92 Å². The van der Waals surface area contributed by atoms with Crippen molar-refractivity contribution in [1.82, 2.24) is 9.97 Å². The Labute approximate surface area is 103 Å². The minimum atomic E-state index is 0.678. The first-order chi connectivity index (χ1) is 8.22. The number of hydrogen-bond donors (Lipinski definition) is 1. The predicted molar refractivity (Wildman–Crippen MR) is 72.0 cm³/mol. The van der Waals surface area contributed by atoms with E-state index in [-0.39, 0.29) is 0 Å². The van der Waals surface area contributed by atoms with E-state index >= 15 is 0 Å². The fourth-order valence-electron chi connectivity index (χ4n) is 1.84. The lowest BCUT2D eigenvalue weighted by atomic mass is 10.1. The smallest absolute Gasteiger partial charge is 0.0907 e. The van der Waals surface area contributed by atoms with Crippen LogP contribution in [0.15, 0.2) is 36.7 Å². The average Bonchev–Trinajstić information content (AvgIpc) is 2.68. The van der Waals surface area contributed by atoms with Gasteiger partial charge < -0.3 is 5.73 Å². The number of benzene rings is 1. The molecule has 0 aliphatic heterocycles. The first-order valence-electron chi connectivity index (χ1n) is 5.30. The highest BCUT2D eigenvalue weighted by atomic mass is 32.1. The van der Waals surface area contributed by atoms with Crippen LogP contribution in [-0.4, -0.2) is 9.97 Å². The molecule has 1 aromatic carbocycles. The molecule has 3 nitrogen and oxygen atoms in total. The number of aryl methyl sites for hydroxylation is 1. The summed E-state index contributed by atoms with van der Waals surface area (Å²) in [6.45, 7) is 2.02. The monoisotopic (exact) mass is 241 g/mol. The second-order valence-electron chi connectivity index (χ2n) is 3.92. The number of aromatic nitrogens is 2. The summed E-state index contributed by atoms with van der Waals surface area (Å²) < 4.78 is 1.21. The molecule has 17 heavy (non-hydrogen) atoms. The molecular weight excluding hydrogens is 230 g/mol. The molecule has 2 heterocycles. The van der Waals surface area contributed by atoms with Gasteiger partial charge in [-0.3, -0.25) is 4.98 Å². The van der Waals surface area contributed by atoms with E-state index in [4.69, 9.17) is 5.73 Å². The third kappa shape index (κ3) is 1.87.